The monoisotopic (exact) mass is 693 g/mol. The molecule has 0 aromatic heterocycles. The smallest absolute Gasteiger partial charge is 0.339 e. The number of thioether (sulfide) groups is 1. The summed E-state index contributed by atoms with van der Waals surface area (Å²) in [7, 11) is -0.997. The number of methoxy groups -OCH3 is 2. The van der Waals surface area contributed by atoms with Crippen molar-refractivity contribution in [3.05, 3.63) is 76.9 Å². The van der Waals surface area contributed by atoms with E-state index in [0.717, 1.165) is 53.8 Å². The summed E-state index contributed by atoms with van der Waals surface area (Å²) in [4.78, 5) is 26.9. The van der Waals surface area contributed by atoms with Crippen molar-refractivity contribution in [3.63, 3.8) is 0 Å². The third-order valence-electron chi connectivity index (χ3n) is 9.72. The van der Waals surface area contributed by atoms with Crippen LogP contribution in [0.25, 0.3) is 0 Å². The van der Waals surface area contributed by atoms with E-state index in [1.807, 2.05) is 30.0 Å². The summed E-state index contributed by atoms with van der Waals surface area (Å²) in [6.07, 6.45) is 4.19. The molecule has 3 aromatic rings. The molecule has 4 heterocycles. The Hall–Kier alpha value is -3.94. The van der Waals surface area contributed by atoms with Crippen molar-refractivity contribution in [3.8, 4) is 23.0 Å². The molecule has 4 aliphatic heterocycles. The van der Waals surface area contributed by atoms with E-state index in [9.17, 15) is 18.0 Å². The van der Waals surface area contributed by atoms with Crippen molar-refractivity contribution < 1.29 is 36.4 Å². The number of nitrogens with zero attached hydrogens (tertiary/aromatic N) is 1. The number of nitrogens with one attached hydrogen (secondary N) is 2. The van der Waals surface area contributed by atoms with E-state index < -0.39 is 10.1 Å². The molecule has 1 unspecified atom stereocenters. The van der Waals surface area contributed by atoms with Crippen molar-refractivity contribution in [1.82, 2.24) is 15.5 Å². The highest BCUT2D eigenvalue weighted by Gasteiger charge is 2.42. The Balaban J connectivity index is 1.03. The number of urea groups is 1. The molecule has 0 spiro atoms. The van der Waals surface area contributed by atoms with Crippen molar-refractivity contribution >= 4 is 33.9 Å². The number of benzene rings is 3. The number of fused-ring (bicyclic) bond motifs is 5. The molecule has 2 fully saturated rings. The van der Waals surface area contributed by atoms with Gasteiger partial charge in [0.25, 0.3) is 0 Å². The predicted molar refractivity (Wildman–Crippen MR) is 180 cm³/mol. The van der Waals surface area contributed by atoms with E-state index in [0.29, 0.717) is 48.3 Å². The van der Waals surface area contributed by atoms with E-state index in [4.69, 9.17) is 18.4 Å². The Bertz CT molecular complexity index is 1820. The van der Waals surface area contributed by atoms with E-state index in [1.54, 1.807) is 31.4 Å². The van der Waals surface area contributed by atoms with Gasteiger partial charge in [-0.2, -0.15) is 20.2 Å². The molecule has 0 bridgehead atoms. The van der Waals surface area contributed by atoms with Crippen LogP contribution in [-0.4, -0.2) is 69.2 Å². The lowest BCUT2D eigenvalue weighted by molar-refractivity contribution is -0.134. The Morgan fingerprint density at radius 3 is 2.58 bits per heavy atom. The van der Waals surface area contributed by atoms with Crippen LogP contribution in [0.5, 0.6) is 23.0 Å². The van der Waals surface area contributed by atoms with E-state index in [-0.39, 0.29) is 40.8 Å². The zero-order chi connectivity index (χ0) is 33.4. The SMILES string of the molecule is COc1cc2c(cc1OC(=O)CCCC[C@H]1SC[C@H]3NC(=O)N[C@H]31)CCN1Cc3c(ccc(OC)c3OS(=O)(=O)c3ccccc3)CC21. The summed E-state index contributed by atoms with van der Waals surface area (Å²) in [6, 6.07) is 16.0. The minimum atomic E-state index is -4.07. The number of ether oxygens (including phenoxy) is 3. The highest BCUT2D eigenvalue weighted by Crippen LogP contribution is 2.46. The van der Waals surface area contributed by atoms with Gasteiger partial charge in [-0.3, -0.25) is 9.69 Å². The fourth-order valence-corrected chi connectivity index (χ4v) is 9.81. The average molecular weight is 694 g/mol. The van der Waals surface area contributed by atoms with Crippen LogP contribution in [0, 0.1) is 0 Å². The van der Waals surface area contributed by atoms with E-state index in [2.05, 4.69) is 15.5 Å². The zero-order valence-corrected chi connectivity index (χ0v) is 28.5. The summed E-state index contributed by atoms with van der Waals surface area (Å²) in [5.41, 5.74) is 3.97. The van der Waals surface area contributed by atoms with Crippen LogP contribution in [0.3, 0.4) is 0 Å². The van der Waals surface area contributed by atoms with Crippen molar-refractivity contribution in [2.45, 2.75) is 73.3 Å². The van der Waals surface area contributed by atoms with Gasteiger partial charge in [-0.25, -0.2) is 4.79 Å². The molecule has 48 heavy (non-hydrogen) atoms. The summed E-state index contributed by atoms with van der Waals surface area (Å²) < 4.78 is 49.3. The van der Waals surface area contributed by atoms with Gasteiger partial charge in [0.05, 0.1) is 26.3 Å². The number of hydrogen-bond donors (Lipinski definition) is 2. The quantitative estimate of drug-likeness (QED) is 0.0953. The van der Waals surface area contributed by atoms with Gasteiger partial charge in [-0.05, 0) is 72.7 Å². The largest absolute Gasteiger partial charge is 0.493 e. The first-order chi connectivity index (χ1) is 23.2. The predicted octanol–water partition coefficient (Wildman–Crippen LogP) is 4.76. The Morgan fingerprint density at radius 1 is 0.979 bits per heavy atom. The molecule has 0 saturated carbocycles. The third-order valence-corrected chi connectivity index (χ3v) is 12.5. The number of hydrogen-bond acceptors (Lipinski definition) is 10. The molecule has 254 valence electrons. The number of rotatable bonds is 11. The fraction of sp³-hybridized carbons (Fsp3) is 0.429. The zero-order valence-electron chi connectivity index (χ0n) is 26.9. The van der Waals surface area contributed by atoms with Gasteiger partial charge in [0.1, 0.15) is 4.90 Å². The molecule has 4 atom stereocenters. The number of unbranched alkanes of at least 4 members (excludes halogenated alkanes) is 1. The van der Waals surface area contributed by atoms with Gasteiger partial charge in [0.15, 0.2) is 23.0 Å². The molecule has 4 aliphatic rings. The fourth-order valence-electron chi connectivity index (χ4n) is 7.28. The first kappa shape index (κ1) is 32.6. The van der Waals surface area contributed by atoms with Gasteiger partial charge in [-0.15, -0.1) is 0 Å². The second kappa shape index (κ2) is 13.5. The number of carbonyl (C=O) groups excluding carboxylic acids is 2. The normalized spacial score (nSPS) is 22.8. The number of amides is 2. The van der Waals surface area contributed by atoms with E-state index in [1.165, 1.54) is 19.2 Å². The summed E-state index contributed by atoms with van der Waals surface area (Å²) >= 11 is 1.87. The van der Waals surface area contributed by atoms with Crippen LogP contribution in [-0.2, 0) is 34.3 Å². The van der Waals surface area contributed by atoms with Gasteiger partial charge in [-0.1, -0.05) is 30.7 Å². The van der Waals surface area contributed by atoms with Gasteiger partial charge >= 0.3 is 22.1 Å². The Kier molecular flexibility index (Phi) is 9.18. The van der Waals surface area contributed by atoms with Crippen LogP contribution in [0.2, 0.25) is 0 Å². The Labute approximate surface area is 284 Å². The lowest BCUT2D eigenvalue weighted by atomic mass is 9.83. The topological polar surface area (TPSA) is 132 Å². The molecular formula is C35H39N3O8S2. The van der Waals surface area contributed by atoms with Crippen LogP contribution in [0.1, 0.15) is 54.0 Å². The lowest BCUT2D eigenvalue weighted by Gasteiger charge is -2.42. The standard InChI is InChI=1S/C35H39N3O8S2/c1-43-28-13-12-21-16-27-24-18-29(44-2)30(45-32(39)11-7-6-10-31-33-26(20-47-31)36-35(40)37-33)17-22(24)14-15-38(27)19-25(21)34(28)46-48(41,42)23-8-4-3-5-9-23/h3-5,8-9,12-13,17-18,26-27,31,33H,6-7,10-11,14-16,19-20H2,1-2H3,(H2,36,37,40)/t26-,27?,31-,33-/m1/s1. The van der Waals surface area contributed by atoms with Crippen LogP contribution in [0.15, 0.2) is 59.5 Å². The molecule has 2 N–H and O–H groups in total. The number of carbonyl (C=O) groups is 2. The first-order valence-electron chi connectivity index (χ1n) is 16.3. The molecule has 7 rings (SSSR count). The maximum Gasteiger partial charge on any atom is 0.339 e. The minimum Gasteiger partial charge on any atom is -0.493 e. The van der Waals surface area contributed by atoms with Crippen molar-refractivity contribution in [2.24, 2.45) is 0 Å². The first-order valence-corrected chi connectivity index (χ1v) is 18.7. The summed E-state index contributed by atoms with van der Waals surface area (Å²) in [5.74, 6) is 2.13. The molecule has 3 aromatic carbocycles. The van der Waals surface area contributed by atoms with Gasteiger partial charge in [0.2, 0.25) is 0 Å². The maximum atomic E-state index is 13.2. The Morgan fingerprint density at radius 2 is 1.79 bits per heavy atom. The van der Waals surface area contributed by atoms with Crippen LogP contribution >= 0.6 is 11.8 Å². The van der Waals surface area contributed by atoms with Crippen molar-refractivity contribution in [1.29, 1.82) is 0 Å². The van der Waals surface area contributed by atoms with Crippen LogP contribution in [0.4, 0.5) is 4.79 Å². The summed E-state index contributed by atoms with van der Waals surface area (Å²) in [6.45, 7) is 1.22. The van der Waals surface area contributed by atoms with Crippen LogP contribution < -0.4 is 29.0 Å². The molecule has 13 heteroatoms. The maximum absolute atomic E-state index is 13.2. The molecule has 11 nitrogen and oxygen atoms in total. The second-order valence-electron chi connectivity index (χ2n) is 12.6. The minimum absolute atomic E-state index is 0.0276. The van der Waals surface area contributed by atoms with Gasteiger partial charge in [0, 0.05) is 42.1 Å². The lowest BCUT2D eigenvalue weighted by Crippen LogP contribution is -2.39. The third kappa shape index (κ3) is 6.42. The second-order valence-corrected chi connectivity index (χ2v) is 15.4. The molecule has 2 amide bonds. The molecular weight excluding hydrogens is 655 g/mol. The molecule has 0 radical (unpaired) electrons. The molecule has 2 saturated heterocycles. The highest BCUT2D eigenvalue weighted by atomic mass is 32.2. The summed E-state index contributed by atoms with van der Waals surface area (Å²) in [5, 5.41) is 6.34. The highest BCUT2D eigenvalue weighted by molar-refractivity contribution is 8.00. The average Bonchev–Trinajstić information content (AvgIpc) is 3.65. The molecule has 0 aliphatic carbocycles. The van der Waals surface area contributed by atoms with Crippen molar-refractivity contribution in [2.75, 3.05) is 26.5 Å². The van der Waals surface area contributed by atoms with Gasteiger partial charge < -0.3 is 29.0 Å². The van der Waals surface area contributed by atoms with E-state index >= 15 is 0 Å². The number of esters is 1.